The van der Waals surface area contributed by atoms with E-state index < -0.39 is 10.2 Å². The van der Waals surface area contributed by atoms with E-state index in [1.54, 1.807) is 26.0 Å². The fourth-order valence-corrected chi connectivity index (χ4v) is 3.76. The van der Waals surface area contributed by atoms with Crippen molar-refractivity contribution in [2.24, 2.45) is 0 Å². The van der Waals surface area contributed by atoms with Crippen LogP contribution in [-0.4, -0.2) is 30.9 Å². The Bertz CT molecular complexity index is 576. The molecule has 6 heteroatoms. The van der Waals surface area contributed by atoms with Gasteiger partial charge in [-0.3, -0.25) is 4.72 Å². The molecule has 0 spiro atoms. The fraction of sp³-hybridized carbons (Fsp3) is 0.571. The maximum absolute atomic E-state index is 12.4. The molecule has 0 bridgehead atoms. The Balaban J connectivity index is 2.21. The first kappa shape index (κ1) is 15.1. The van der Waals surface area contributed by atoms with E-state index in [9.17, 15) is 13.5 Å². The van der Waals surface area contributed by atoms with Crippen LogP contribution in [0.15, 0.2) is 12.1 Å². The zero-order valence-electron chi connectivity index (χ0n) is 12.0. The van der Waals surface area contributed by atoms with Crippen molar-refractivity contribution in [2.75, 3.05) is 17.8 Å². The summed E-state index contributed by atoms with van der Waals surface area (Å²) in [5.74, 6) is 0.181. The van der Waals surface area contributed by atoms with E-state index in [0.717, 1.165) is 25.7 Å². The van der Waals surface area contributed by atoms with Gasteiger partial charge in [0.2, 0.25) is 0 Å². The van der Waals surface area contributed by atoms with Gasteiger partial charge in [-0.25, -0.2) is 0 Å². The standard InChI is InChI=1S/C14H22N2O3S/c1-11-10-14(17)12(2)9-13(11)15-20(18,19)16-7-5-3-4-6-8-16/h9-10,15,17H,3-8H2,1-2H3. The molecule has 2 rings (SSSR count). The molecule has 0 aromatic heterocycles. The molecule has 2 N–H and O–H groups in total. The van der Waals surface area contributed by atoms with Crippen molar-refractivity contribution < 1.29 is 13.5 Å². The minimum atomic E-state index is -3.51. The zero-order valence-corrected chi connectivity index (χ0v) is 12.8. The quantitative estimate of drug-likeness (QED) is 0.843. The first-order valence-electron chi connectivity index (χ1n) is 6.98. The average Bonchev–Trinajstić information content (AvgIpc) is 2.65. The van der Waals surface area contributed by atoms with Crippen molar-refractivity contribution in [3.63, 3.8) is 0 Å². The van der Waals surface area contributed by atoms with Crippen LogP contribution in [0.1, 0.15) is 36.8 Å². The number of anilines is 1. The monoisotopic (exact) mass is 298 g/mol. The molecule has 1 aliphatic heterocycles. The summed E-state index contributed by atoms with van der Waals surface area (Å²) in [6.07, 6.45) is 4.00. The van der Waals surface area contributed by atoms with Gasteiger partial charge in [-0.2, -0.15) is 12.7 Å². The molecule has 0 aliphatic carbocycles. The molecule has 0 amide bonds. The molecule has 1 fully saturated rings. The number of phenolic OH excluding ortho intramolecular Hbond substituents is 1. The van der Waals surface area contributed by atoms with Crippen LogP contribution in [0, 0.1) is 13.8 Å². The van der Waals surface area contributed by atoms with Crippen LogP contribution in [0.2, 0.25) is 0 Å². The largest absolute Gasteiger partial charge is 0.508 e. The number of hydrogen-bond acceptors (Lipinski definition) is 3. The molecule has 1 heterocycles. The Morgan fingerprint density at radius 1 is 1.05 bits per heavy atom. The maximum Gasteiger partial charge on any atom is 0.301 e. The predicted molar refractivity (Wildman–Crippen MR) is 80.2 cm³/mol. The van der Waals surface area contributed by atoms with Crippen molar-refractivity contribution >= 4 is 15.9 Å². The second-order valence-electron chi connectivity index (χ2n) is 5.37. The second kappa shape index (κ2) is 6.01. The van der Waals surface area contributed by atoms with Gasteiger partial charge in [-0.05, 0) is 49.9 Å². The highest BCUT2D eigenvalue weighted by molar-refractivity contribution is 7.90. The molecular weight excluding hydrogens is 276 g/mol. The summed E-state index contributed by atoms with van der Waals surface area (Å²) in [6.45, 7) is 4.68. The summed E-state index contributed by atoms with van der Waals surface area (Å²) in [5.41, 5.74) is 1.90. The Hall–Kier alpha value is -1.27. The molecule has 1 aromatic rings. The predicted octanol–water partition coefficient (Wildman–Crippen LogP) is 2.54. The average molecular weight is 298 g/mol. The van der Waals surface area contributed by atoms with E-state index in [-0.39, 0.29) is 5.75 Å². The normalized spacial score (nSPS) is 17.7. The van der Waals surface area contributed by atoms with Crippen LogP contribution in [0.3, 0.4) is 0 Å². The number of benzene rings is 1. The van der Waals surface area contributed by atoms with E-state index in [4.69, 9.17) is 0 Å². The third kappa shape index (κ3) is 3.43. The Labute approximate surface area is 120 Å². The summed E-state index contributed by atoms with van der Waals surface area (Å²) in [5, 5.41) is 9.62. The maximum atomic E-state index is 12.4. The van der Waals surface area contributed by atoms with Crippen molar-refractivity contribution in [3.8, 4) is 5.75 Å². The molecule has 20 heavy (non-hydrogen) atoms. The van der Waals surface area contributed by atoms with Crippen molar-refractivity contribution in [3.05, 3.63) is 23.3 Å². The Morgan fingerprint density at radius 3 is 2.25 bits per heavy atom. The summed E-state index contributed by atoms with van der Waals surface area (Å²) < 4.78 is 29.0. The van der Waals surface area contributed by atoms with Crippen LogP contribution >= 0.6 is 0 Å². The third-order valence-corrected chi connectivity index (χ3v) is 5.21. The molecule has 112 valence electrons. The van der Waals surface area contributed by atoms with Crippen LogP contribution in [0.5, 0.6) is 5.75 Å². The van der Waals surface area contributed by atoms with Gasteiger partial charge >= 0.3 is 10.2 Å². The smallest absolute Gasteiger partial charge is 0.301 e. The minimum Gasteiger partial charge on any atom is -0.508 e. The van der Waals surface area contributed by atoms with Crippen molar-refractivity contribution in [1.82, 2.24) is 4.31 Å². The summed E-state index contributed by atoms with van der Waals surface area (Å²) >= 11 is 0. The van der Waals surface area contributed by atoms with Gasteiger partial charge in [-0.15, -0.1) is 0 Å². The van der Waals surface area contributed by atoms with Gasteiger partial charge in [0.15, 0.2) is 0 Å². The van der Waals surface area contributed by atoms with E-state index in [0.29, 0.717) is 29.9 Å². The third-order valence-electron chi connectivity index (χ3n) is 3.69. The first-order chi connectivity index (χ1) is 9.40. The summed E-state index contributed by atoms with van der Waals surface area (Å²) in [4.78, 5) is 0. The number of aryl methyl sites for hydroxylation is 2. The van der Waals surface area contributed by atoms with Crippen molar-refractivity contribution in [1.29, 1.82) is 0 Å². The first-order valence-corrected chi connectivity index (χ1v) is 8.42. The Kier molecular flexibility index (Phi) is 4.55. The second-order valence-corrected chi connectivity index (χ2v) is 7.04. The topological polar surface area (TPSA) is 69.6 Å². The number of aromatic hydroxyl groups is 1. The molecule has 5 nitrogen and oxygen atoms in total. The summed E-state index contributed by atoms with van der Waals surface area (Å²) in [6, 6.07) is 3.25. The zero-order chi connectivity index (χ0) is 14.8. The van der Waals surface area contributed by atoms with E-state index >= 15 is 0 Å². The number of nitrogens with one attached hydrogen (secondary N) is 1. The molecule has 1 saturated heterocycles. The lowest BCUT2D eigenvalue weighted by atomic mass is 10.1. The van der Waals surface area contributed by atoms with Gasteiger partial charge in [-0.1, -0.05) is 12.8 Å². The summed E-state index contributed by atoms with van der Waals surface area (Å²) in [7, 11) is -3.51. The lowest BCUT2D eigenvalue weighted by molar-refractivity contribution is 0.427. The lowest BCUT2D eigenvalue weighted by Crippen LogP contribution is -2.36. The number of rotatable bonds is 3. The van der Waals surface area contributed by atoms with Gasteiger partial charge in [0.05, 0.1) is 5.69 Å². The van der Waals surface area contributed by atoms with Crippen LogP contribution in [-0.2, 0) is 10.2 Å². The van der Waals surface area contributed by atoms with E-state index in [2.05, 4.69) is 4.72 Å². The van der Waals surface area contributed by atoms with Crippen molar-refractivity contribution in [2.45, 2.75) is 39.5 Å². The molecule has 0 saturated carbocycles. The fourth-order valence-electron chi connectivity index (χ4n) is 2.40. The molecule has 0 radical (unpaired) electrons. The number of phenols is 1. The van der Waals surface area contributed by atoms with Crippen LogP contribution < -0.4 is 4.72 Å². The van der Waals surface area contributed by atoms with E-state index in [1.807, 2.05) is 0 Å². The molecule has 1 aliphatic rings. The highest BCUT2D eigenvalue weighted by atomic mass is 32.2. The molecular formula is C14H22N2O3S. The molecule has 1 aromatic carbocycles. The van der Waals surface area contributed by atoms with Gasteiger partial charge < -0.3 is 5.11 Å². The minimum absolute atomic E-state index is 0.181. The SMILES string of the molecule is Cc1cc(NS(=O)(=O)N2CCCCCC2)c(C)cc1O. The number of nitrogens with zero attached hydrogens (tertiary/aromatic N) is 1. The number of hydrogen-bond donors (Lipinski definition) is 2. The van der Waals surface area contributed by atoms with Gasteiger partial charge in [0.25, 0.3) is 0 Å². The molecule has 0 unspecified atom stereocenters. The highest BCUT2D eigenvalue weighted by Gasteiger charge is 2.23. The van der Waals surface area contributed by atoms with E-state index in [1.165, 1.54) is 4.31 Å². The van der Waals surface area contributed by atoms with Gasteiger partial charge in [0, 0.05) is 13.1 Å². The Morgan fingerprint density at radius 2 is 1.65 bits per heavy atom. The highest BCUT2D eigenvalue weighted by Crippen LogP contribution is 2.26. The van der Waals surface area contributed by atoms with Crippen LogP contribution in [0.4, 0.5) is 5.69 Å². The van der Waals surface area contributed by atoms with Gasteiger partial charge in [0.1, 0.15) is 5.75 Å². The molecule has 0 atom stereocenters. The van der Waals surface area contributed by atoms with Crippen LogP contribution in [0.25, 0.3) is 0 Å². The lowest BCUT2D eigenvalue weighted by Gasteiger charge is -2.21.